The Morgan fingerprint density at radius 2 is 2.17 bits per heavy atom. The third-order valence-corrected chi connectivity index (χ3v) is 3.96. The Hall–Kier alpha value is -1.13. The van der Waals surface area contributed by atoms with E-state index in [2.05, 4.69) is 22.0 Å². The molecule has 0 saturated carbocycles. The lowest BCUT2D eigenvalue weighted by Crippen LogP contribution is -2.31. The minimum atomic E-state index is 0.666. The van der Waals surface area contributed by atoms with Crippen LogP contribution in [0.5, 0.6) is 0 Å². The van der Waals surface area contributed by atoms with Crippen LogP contribution in [-0.4, -0.2) is 39.6 Å². The van der Waals surface area contributed by atoms with E-state index in [-0.39, 0.29) is 0 Å². The molecule has 0 spiro atoms. The van der Waals surface area contributed by atoms with Crippen molar-refractivity contribution in [3.63, 3.8) is 0 Å². The molecule has 96 valence electrons. The maximum absolute atomic E-state index is 6.10. The van der Waals surface area contributed by atoms with Crippen LogP contribution in [0.15, 0.2) is 18.3 Å². The van der Waals surface area contributed by atoms with Crippen molar-refractivity contribution in [2.45, 2.75) is 19.3 Å². The maximum Gasteiger partial charge on any atom is 0.174 e. The van der Waals surface area contributed by atoms with Crippen LogP contribution in [-0.2, 0) is 6.42 Å². The zero-order chi connectivity index (χ0) is 12.5. The molecule has 2 aromatic heterocycles. The normalized spacial score (nSPS) is 18.6. The Morgan fingerprint density at radius 3 is 2.89 bits per heavy atom. The summed E-state index contributed by atoms with van der Waals surface area (Å²) in [5.74, 6) is 1.62. The number of fused-ring (bicyclic) bond motifs is 1. The largest absolute Gasteiger partial charge is 0.306 e. The van der Waals surface area contributed by atoms with Crippen molar-refractivity contribution in [2.24, 2.45) is 5.92 Å². The second kappa shape index (κ2) is 4.86. The molecule has 3 heterocycles. The van der Waals surface area contributed by atoms with Crippen LogP contribution in [0.25, 0.3) is 5.65 Å². The van der Waals surface area contributed by atoms with Gasteiger partial charge in [0.15, 0.2) is 11.5 Å². The first-order valence-corrected chi connectivity index (χ1v) is 6.78. The molecule has 1 saturated heterocycles. The average Bonchev–Trinajstić information content (AvgIpc) is 2.76. The van der Waals surface area contributed by atoms with Gasteiger partial charge in [0.2, 0.25) is 0 Å². The van der Waals surface area contributed by atoms with Gasteiger partial charge in [-0.05, 0) is 51.0 Å². The second-order valence-electron chi connectivity index (χ2n) is 5.10. The predicted octanol–water partition coefficient (Wildman–Crippen LogP) is 2.27. The average molecular weight is 265 g/mol. The second-order valence-corrected chi connectivity index (χ2v) is 5.51. The number of pyridine rings is 1. The van der Waals surface area contributed by atoms with Crippen molar-refractivity contribution < 1.29 is 0 Å². The summed E-state index contributed by atoms with van der Waals surface area (Å²) in [6, 6.07) is 3.74. The minimum Gasteiger partial charge on any atom is -0.306 e. The topological polar surface area (TPSA) is 33.4 Å². The van der Waals surface area contributed by atoms with E-state index >= 15 is 0 Å². The SMILES string of the molecule is CN1CCC(Cc2nc3c(Cl)cccn3n2)CC1. The first kappa shape index (κ1) is 11.9. The van der Waals surface area contributed by atoms with Crippen LogP contribution in [0.2, 0.25) is 5.02 Å². The van der Waals surface area contributed by atoms with E-state index in [0.717, 1.165) is 17.9 Å². The maximum atomic E-state index is 6.10. The molecule has 0 bridgehead atoms. The predicted molar refractivity (Wildman–Crippen MR) is 71.9 cm³/mol. The highest BCUT2D eigenvalue weighted by molar-refractivity contribution is 6.33. The molecule has 1 aliphatic heterocycles. The van der Waals surface area contributed by atoms with Gasteiger partial charge in [-0.3, -0.25) is 0 Å². The molecule has 1 aliphatic rings. The fourth-order valence-corrected chi connectivity index (χ4v) is 2.73. The summed E-state index contributed by atoms with van der Waals surface area (Å²) < 4.78 is 1.77. The number of piperidine rings is 1. The van der Waals surface area contributed by atoms with Crippen molar-refractivity contribution in [1.82, 2.24) is 19.5 Å². The molecule has 3 rings (SSSR count). The highest BCUT2D eigenvalue weighted by atomic mass is 35.5. The van der Waals surface area contributed by atoms with Gasteiger partial charge in [-0.15, -0.1) is 0 Å². The van der Waals surface area contributed by atoms with E-state index in [1.807, 2.05) is 18.3 Å². The quantitative estimate of drug-likeness (QED) is 0.834. The van der Waals surface area contributed by atoms with Gasteiger partial charge in [-0.25, -0.2) is 9.50 Å². The fourth-order valence-electron chi connectivity index (χ4n) is 2.53. The Labute approximate surface area is 112 Å². The van der Waals surface area contributed by atoms with Gasteiger partial charge in [-0.2, -0.15) is 5.10 Å². The van der Waals surface area contributed by atoms with Crippen LogP contribution in [0.3, 0.4) is 0 Å². The van der Waals surface area contributed by atoms with Gasteiger partial charge in [0.1, 0.15) is 0 Å². The van der Waals surface area contributed by atoms with Crippen molar-refractivity contribution in [2.75, 3.05) is 20.1 Å². The van der Waals surface area contributed by atoms with Gasteiger partial charge in [0.05, 0.1) is 5.02 Å². The third-order valence-electron chi connectivity index (χ3n) is 3.67. The van der Waals surface area contributed by atoms with Gasteiger partial charge in [0, 0.05) is 12.6 Å². The van der Waals surface area contributed by atoms with Crippen LogP contribution in [0.4, 0.5) is 0 Å². The van der Waals surface area contributed by atoms with Crippen molar-refractivity contribution in [1.29, 1.82) is 0 Å². The molecule has 4 nitrogen and oxygen atoms in total. The molecule has 0 amide bonds. The van der Waals surface area contributed by atoms with E-state index < -0.39 is 0 Å². The Morgan fingerprint density at radius 1 is 1.39 bits per heavy atom. The highest BCUT2D eigenvalue weighted by Crippen LogP contribution is 2.21. The fraction of sp³-hybridized carbons (Fsp3) is 0.538. The molecule has 5 heteroatoms. The van der Waals surface area contributed by atoms with Crippen LogP contribution < -0.4 is 0 Å². The summed E-state index contributed by atoms with van der Waals surface area (Å²) in [7, 11) is 2.18. The first-order chi connectivity index (χ1) is 8.72. The molecule has 0 unspecified atom stereocenters. The molecule has 2 aromatic rings. The lowest BCUT2D eigenvalue weighted by atomic mass is 9.94. The summed E-state index contributed by atoms with van der Waals surface area (Å²) in [5, 5.41) is 5.16. The van der Waals surface area contributed by atoms with Crippen LogP contribution in [0, 0.1) is 5.92 Å². The van der Waals surface area contributed by atoms with Crippen LogP contribution in [0.1, 0.15) is 18.7 Å². The number of nitrogens with zero attached hydrogens (tertiary/aromatic N) is 4. The van der Waals surface area contributed by atoms with Gasteiger partial charge in [0.25, 0.3) is 0 Å². The van der Waals surface area contributed by atoms with Crippen molar-refractivity contribution in [3.8, 4) is 0 Å². The zero-order valence-corrected chi connectivity index (χ0v) is 11.3. The molecule has 0 aromatic carbocycles. The molecule has 0 N–H and O–H groups in total. The smallest absolute Gasteiger partial charge is 0.174 e. The summed E-state index contributed by atoms with van der Waals surface area (Å²) >= 11 is 6.10. The molecule has 0 aliphatic carbocycles. The number of aromatic nitrogens is 3. The number of likely N-dealkylation sites (tertiary alicyclic amines) is 1. The molecule has 18 heavy (non-hydrogen) atoms. The number of hydrogen-bond acceptors (Lipinski definition) is 3. The summed E-state index contributed by atoms with van der Waals surface area (Å²) in [5.41, 5.74) is 0.766. The summed E-state index contributed by atoms with van der Waals surface area (Å²) in [4.78, 5) is 6.91. The Balaban J connectivity index is 1.77. The van der Waals surface area contributed by atoms with E-state index in [1.165, 1.54) is 25.9 Å². The minimum absolute atomic E-state index is 0.666. The molecular formula is C13H17ClN4. The number of halogens is 1. The summed E-state index contributed by atoms with van der Waals surface area (Å²) in [6.45, 7) is 2.36. The zero-order valence-electron chi connectivity index (χ0n) is 10.5. The van der Waals surface area contributed by atoms with Crippen molar-refractivity contribution >= 4 is 17.2 Å². The summed E-state index contributed by atoms with van der Waals surface area (Å²) in [6.07, 6.45) is 5.33. The Kier molecular flexibility index (Phi) is 3.22. The van der Waals surface area contributed by atoms with Gasteiger partial charge >= 0.3 is 0 Å². The molecule has 0 atom stereocenters. The van der Waals surface area contributed by atoms with Gasteiger partial charge in [-0.1, -0.05) is 11.6 Å². The molecular weight excluding hydrogens is 248 g/mol. The van der Waals surface area contributed by atoms with Crippen LogP contribution >= 0.6 is 11.6 Å². The van der Waals surface area contributed by atoms with E-state index in [1.54, 1.807) is 4.52 Å². The van der Waals surface area contributed by atoms with Gasteiger partial charge < -0.3 is 4.90 Å². The van der Waals surface area contributed by atoms with E-state index in [4.69, 9.17) is 11.6 Å². The monoisotopic (exact) mass is 264 g/mol. The van der Waals surface area contributed by atoms with E-state index in [9.17, 15) is 0 Å². The standard InChI is InChI=1S/C13H17ClN4/c1-17-7-4-10(5-8-17)9-12-15-13-11(14)3-2-6-18(13)16-12/h2-3,6,10H,4-5,7-9H2,1H3. The lowest BCUT2D eigenvalue weighted by molar-refractivity contribution is 0.217. The first-order valence-electron chi connectivity index (χ1n) is 6.40. The van der Waals surface area contributed by atoms with Crippen molar-refractivity contribution in [3.05, 3.63) is 29.2 Å². The number of hydrogen-bond donors (Lipinski definition) is 0. The third kappa shape index (κ3) is 2.35. The Bertz CT molecular complexity index is 543. The van der Waals surface area contributed by atoms with E-state index in [0.29, 0.717) is 10.9 Å². The molecule has 1 fully saturated rings. The highest BCUT2D eigenvalue weighted by Gasteiger charge is 2.19. The molecule has 0 radical (unpaired) electrons. The number of rotatable bonds is 2. The lowest BCUT2D eigenvalue weighted by Gasteiger charge is -2.28.